The molecule has 3 rings (SSSR count). The van der Waals surface area contributed by atoms with Crippen LogP contribution in [-0.2, 0) is 4.79 Å². The van der Waals surface area contributed by atoms with E-state index >= 15 is 0 Å². The molecular formula is C27H45NO. The molecule has 164 valence electrons. The molecule has 0 heterocycles. The van der Waals surface area contributed by atoms with Crippen molar-refractivity contribution in [3.8, 4) is 6.07 Å². The Bertz CT molecular complexity index is 545. The molecule has 1 unspecified atom stereocenters. The van der Waals surface area contributed by atoms with Gasteiger partial charge in [-0.2, -0.15) is 5.26 Å². The van der Waals surface area contributed by atoms with Gasteiger partial charge in [0, 0.05) is 12.3 Å². The molecule has 0 spiro atoms. The maximum absolute atomic E-state index is 12.6. The van der Waals surface area contributed by atoms with Crippen LogP contribution in [0.1, 0.15) is 123 Å². The quantitative estimate of drug-likeness (QED) is 0.390. The van der Waals surface area contributed by atoms with Gasteiger partial charge in [-0.05, 0) is 81.5 Å². The molecule has 2 atom stereocenters. The van der Waals surface area contributed by atoms with Crippen LogP contribution in [0.4, 0.5) is 0 Å². The summed E-state index contributed by atoms with van der Waals surface area (Å²) in [5.41, 5.74) is -0.194. The number of nitrogens with zero attached hydrogens (tertiary/aromatic N) is 1. The van der Waals surface area contributed by atoms with E-state index in [0.717, 1.165) is 56.3 Å². The Balaban J connectivity index is 1.46. The van der Waals surface area contributed by atoms with Crippen molar-refractivity contribution in [1.29, 1.82) is 5.26 Å². The molecule has 3 aliphatic carbocycles. The Hall–Kier alpha value is -0.840. The molecule has 29 heavy (non-hydrogen) atoms. The van der Waals surface area contributed by atoms with Gasteiger partial charge >= 0.3 is 0 Å². The zero-order chi connectivity index (χ0) is 20.7. The highest BCUT2D eigenvalue weighted by Crippen LogP contribution is 2.52. The highest BCUT2D eigenvalue weighted by molar-refractivity contribution is 5.82. The number of Topliss-reactive ketones (excluding diaryl/α,β-unsaturated/α-hetero) is 1. The normalized spacial score (nSPS) is 38.5. The van der Waals surface area contributed by atoms with Crippen LogP contribution in [0, 0.1) is 46.3 Å². The first-order valence-electron chi connectivity index (χ1n) is 13.1. The lowest BCUT2D eigenvalue weighted by atomic mass is 9.57. The second kappa shape index (κ2) is 11.0. The zero-order valence-electron chi connectivity index (χ0n) is 19.3. The number of unbranched alkanes of at least 4 members (excludes halogenated alkanes) is 2. The van der Waals surface area contributed by atoms with Crippen LogP contribution in [0.5, 0.6) is 0 Å². The van der Waals surface area contributed by atoms with E-state index in [-0.39, 0.29) is 11.3 Å². The molecule has 0 saturated heterocycles. The molecule has 0 aromatic rings. The van der Waals surface area contributed by atoms with E-state index in [0.29, 0.717) is 18.1 Å². The number of rotatable bonds is 8. The van der Waals surface area contributed by atoms with Crippen LogP contribution >= 0.6 is 0 Å². The minimum Gasteiger partial charge on any atom is -0.299 e. The van der Waals surface area contributed by atoms with Crippen molar-refractivity contribution >= 4 is 5.78 Å². The molecule has 0 aromatic carbocycles. The summed E-state index contributed by atoms with van der Waals surface area (Å²) in [7, 11) is 0. The molecule has 0 aliphatic heterocycles. The van der Waals surface area contributed by atoms with Gasteiger partial charge in [0.25, 0.3) is 0 Å². The second-order valence-corrected chi connectivity index (χ2v) is 10.8. The van der Waals surface area contributed by atoms with Crippen molar-refractivity contribution in [2.45, 2.75) is 123 Å². The number of hydrogen-bond acceptors (Lipinski definition) is 2. The van der Waals surface area contributed by atoms with E-state index < -0.39 is 0 Å². The van der Waals surface area contributed by atoms with Crippen LogP contribution in [0.3, 0.4) is 0 Å². The molecule has 0 amide bonds. The summed E-state index contributed by atoms with van der Waals surface area (Å²) in [6.07, 6.45) is 21.0. The summed E-state index contributed by atoms with van der Waals surface area (Å²) in [5.74, 6) is 3.83. The minimum absolute atomic E-state index is 0.194. The fourth-order valence-electron chi connectivity index (χ4n) is 7.07. The van der Waals surface area contributed by atoms with Gasteiger partial charge in [-0.1, -0.05) is 58.8 Å². The van der Waals surface area contributed by atoms with Gasteiger partial charge in [-0.3, -0.25) is 4.79 Å². The standard InChI is InChI=1S/C27H45NO/c1-3-5-6-8-21-9-11-22(12-10-21)23-15-17-27(20-28,18-16-23)25-14-13-24(7-4-2)26(29)19-25/h21-25H,3-19H2,1-2H3/t21?,22?,23?,24-,25?,27?/m1/s1. The molecule has 0 bridgehead atoms. The summed E-state index contributed by atoms with van der Waals surface area (Å²) in [6.45, 7) is 4.48. The molecule has 3 saturated carbocycles. The summed E-state index contributed by atoms with van der Waals surface area (Å²) in [5, 5.41) is 10.1. The van der Waals surface area contributed by atoms with E-state index in [9.17, 15) is 10.1 Å². The number of carbonyl (C=O) groups is 1. The summed E-state index contributed by atoms with van der Waals surface area (Å²) >= 11 is 0. The molecule has 2 heteroatoms. The SMILES string of the molecule is CCCCCC1CCC(C2CCC(C#N)(C3CC[C@@H](CCC)C(=O)C3)CC2)CC1. The van der Waals surface area contributed by atoms with Crippen LogP contribution in [0.25, 0.3) is 0 Å². The summed E-state index contributed by atoms with van der Waals surface area (Å²) in [6, 6.07) is 2.76. The third kappa shape index (κ3) is 5.65. The van der Waals surface area contributed by atoms with Gasteiger partial charge in [0.1, 0.15) is 5.78 Å². The van der Waals surface area contributed by atoms with E-state index in [4.69, 9.17) is 0 Å². The first kappa shape index (κ1) is 22.8. The average Bonchev–Trinajstić information content (AvgIpc) is 2.76. The smallest absolute Gasteiger partial charge is 0.136 e. The van der Waals surface area contributed by atoms with Crippen LogP contribution in [-0.4, -0.2) is 5.78 Å². The number of nitriles is 1. The third-order valence-electron chi connectivity index (χ3n) is 9.10. The largest absolute Gasteiger partial charge is 0.299 e. The van der Waals surface area contributed by atoms with Crippen molar-refractivity contribution in [3.63, 3.8) is 0 Å². The maximum atomic E-state index is 12.6. The highest BCUT2D eigenvalue weighted by atomic mass is 16.1. The first-order chi connectivity index (χ1) is 14.1. The lowest BCUT2D eigenvalue weighted by Gasteiger charge is -2.45. The molecule has 2 nitrogen and oxygen atoms in total. The van der Waals surface area contributed by atoms with Crippen LogP contribution in [0.15, 0.2) is 0 Å². The predicted octanol–water partition coefficient (Wildman–Crippen LogP) is 7.86. The van der Waals surface area contributed by atoms with Gasteiger partial charge < -0.3 is 0 Å². The molecule has 3 fully saturated rings. The van der Waals surface area contributed by atoms with Crippen molar-refractivity contribution in [2.24, 2.45) is 35.0 Å². The van der Waals surface area contributed by atoms with Crippen LogP contribution < -0.4 is 0 Å². The van der Waals surface area contributed by atoms with Gasteiger partial charge in [-0.15, -0.1) is 0 Å². The van der Waals surface area contributed by atoms with E-state index in [2.05, 4.69) is 19.9 Å². The summed E-state index contributed by atoms with van der Waals surface area (Å²) in [4.78, 5) is 12.6. The van der Waals surface area contributed by atoms with E-state index in [1.807, 2.05) is 0 Å². The van der Waals surface area contributed by atoms with Crippen molar-refractivity contribution in [1.82, 2.24) is 0 Å². The fraction of sp³-hybridized carbons (Fsp3) is 0.926. The van der Waals surface area contributed by atoms with Gasteiger partial charge in [0.15, 0.2) is 0 Å². The topological polar surface area (TPSA) is 40.9 Å². The number of carbonyl (C=O) groups excluding carboxylic acids is 1. The third-order valence-corrected chi connectivity index (χ3v) is 9.10. The van der Waals surface area contributed by atoms with Crippen molar-refractivity contribution < 1.29 is 4.79 Å². The predicted molar refractivity (Wildman–Crippen MR) is 120 cm³/mol. The van der Waals surface area contributed by atoms with Crippen molar-refractivity contribution in [3.05, 3.63) is 0 Å². The number of hydrogen-bond donors (Lipinski definition) is 0. The van der Waals surface area contributed by atoms with Gasteiger partial charge in [-0.25, -0.2) is 0 Å². The Labute approximate surface area is 180 Å². The maximum Gasteiger partial charge on any atom is 0.136 e. The minimum atomic E-state index is -0.194. The Morgan fingerprint density at radius 2 is 1.55 bits per heavy atom. The molecular weight excluding hydrogens is 354 g/mol. The summed E-state index contributed by atoms with van der Waals surface area (Å²) < 4.78 is 0. The first-order valence-corrected chi connectivity index (χ1v) is 13.1. The average molecular weight is 400 g/mol. The lowest BCUT2D eigenvalue weighted by molar-refractivity contribution is -0.128. The van der Waals surface area contributed by atoms with E-state index in [1.165, 1.54) is 64.2 Å². The van der Waals surface area contributed by atoms with E-state index in [1.54, 1.807) is 0 Å². The van der Waals surface area contributed by atoms with Crippen molar-refractivity contribution in [2.75, 3.05) is 0 Å². The Morgan fingerprint density at radius 3 is 2.14 bits per heavy atom. The molecule has 0 radical (unpaired) electrons. The number of ketones is 1. The van der Waals surface area contributed by atoms with Gasteiger partial charge in [0.2, 0.25) is 0 Å². The Kier molecular flexibility index (Phi) is 8.64. The molecule has 0 aromatic heterocycles. The Morgan fingerprint density at radius 1 is 0.862 bits per heavy atom. The highest BCUT2D eigenvalue weighted by Gasteiger charge is 2.46. The fourth-order valence-corrected chi connectivity index (χ4v) is 7.07. The zero-order valence-corrected chi connectivity index (χ0v) is 19.3. The second-order valence-electron chi connectivity index (χ2n) is 10.8. The lowest BCUT2D eigenvalue weighted by Crippen LogP contribution is -2.40. The van der Waals surface area contributed by atoms with Gasteiger partial charge in [0.05, 0.1) is 11.5 Å². The monoisotopic (exact) mass is 399 g/mol. The van der Waals surface area contributed by atoms with Crippen LogP contribution in [0.2, 0.25) is 0 Å². The molecule has 0 N–H and O–H groups in total. The molecule has 3 aliphatic rings.